The molecule has 2 atom stereocenters. The van der Waals surface area contributed by atoms with E-state index in [9.17, 15) is 4.79 Å². The number of allylic oxidation sites excluding steroid dienone is 1. The molecule has 1 fully saturated rings. The van der Waals surface area contributed by atoms with Crippen molar-refractivity contribution in [3.8, 4) is 0 Å². The van der Waals surface area contributed by atoms with Gasteiger partial charge < -0.3 is 10.2 Å². The minimum Gasteiger partial charge on any atom is -0.336 e. The van der Waals surface area contributed by atoms with Crippen LogP contribution in [0, 0.1) is 0 Å². The van der Waals surface area contributed by atoms with Crippen LogP contribution >= 0.6 is 0 Å². The predicted octanol–water partition coefficient (Wildman–Crippen LogP) is 0.771. The Balaban J connectivity index is 2.54. The van der Waals surface area contributed by atoms with E-state index in [-0.39, 0.29) is 5.91 Å². The predicted molar refractivity (Wildman–Crippen MR) is 53.5 cm³/mol. The molecule has 1 amide bonds. The summed E-state index contributed by atoms with van der Waals surface area (Å²) in [5, 5.41) is 3.39. The van der Waals surface area contributed by atoms with Crippen LogP contribution in [0.2, 0.25) is 0 Å². The maximum atomic E-state index is 11.5. The van der Waals surface area contributed by atoms with Gasteiger partial charge in [0.25, 0.3) is 0 Å². The van der Waals surface area contributed by atoms with Crippen molar-refractivity contribution in [1.82, 2.24) is 10.2 Å². The molecular formula is C10H18N2O. The first kappa shape index (κ1) is 10.3. The molecule has 1 rings (SSSR count). The summed E-state index contributed by atoms with van der Waals surface area (Å²) in [7, 11) is 0. The van der Waals surface area contributed by atoms with Gasteiger partial charge >= 0.3 is 0 Å². The second kappa shape index (κ2) is 4.42. The van der Waals surface area contributed by atoms with Gasteiger partial charge in [-0.3, -0.25) is 4.79 Å². The SMILES string of the molecule is C/C=C/C(=O)N1CC(C)NC(C)C1. The molecule has 3 nitrogen and oxygen atoms in total. The Kier molecular flexibility index (Phi) is 3.48. The van der Waals surface area contributed by atoms with E-state index < -0.39 is 0 Å². The molecule has 1 heterocycles. The topological polar surface area (TPSA) is 32.3 Å². The van der Waals surface area contributed by atoms with Gasteiger partial charge in [-0.2, -0.15) is 0 Å². The fourth-order valence-corrected chi connectivity index (χ4v) is 1.75. The lowest BCUT2D eigenvalue weighted by Crippen LogP contribution is -2.55. The summed E-state index contributed by atoms with van der Waals surface area (Å²) in [6.07, 6.45) is 3.42. The first-order valence-corrected chi connectivity index (χ1v) is 4.81. The number of rotatable bonds is 1. The normalized spacial score (nSPS) is 29.6. The van der Waals surface area contributed by atoms with Crippen LogP contribution in [-0.2, 0) is 4.79 Å². The van der Waals surface area contributed by atoms with Gasteiger partial charge in [0.1, 0.15) is 0 Å². The van der Waals surface area contributed by atoms with Gasteiger partial charge in [0.05, 0.1) is 0 Å². The van der Waals surface area contributed by atoms with Crippen molar-refractivity contribution in [2.24, 2.45) is 0 Å². The lowest BCUT2D eigenvalue weighted by Gasteiger charge is -2.35. The van der Waals surface area contributed by atoms with Gasteiger partial charge in [0.15, 0.2) is 0 Å². The second-order valence-corrected chi connectivity index (χ2v) is 3.71. The molecule has 0 aromatic rings. The Morgan fingerprint density at radius 2 is 1.92 bits per heavy atom. The zero-order valence-electron chi connectivity index (χ0n) is 8.58. The van der Waals surface area contributed by atoms with Crippen LogP contribution in [0.5, 0.6) is 0 Å². The lowest BCUT2D eigenvalue weighted by atomic mass is 10.1. The lowest BCUT2D eigenvalue weighted by molar-refractivity contribution is -0.127. The summed E-state index contributed by atoms with van der Waals surface area (Å²) >= 11 is 0. The van der Waals surface area contributed by atoms with Gasteiger partial charge in [-0.1, -0.05) is 6.08 Å². The molecule has 3 heteroatoms. The van der Waals surface area contributed by atoms with Gasteiger partial charge in [-0.15, -0.1) is 0 Å². The van der Waals surface area contributed by atoms with E-state index in [1.807, 2.05) is 11.8 Å². The molecule has 2 unspecified atom stereocenters. The van der Waals surface area contributed by atoms with Gasteiger partial charge in [-0.25, -0.2) is 0 Å². The molecule has 1 aliphatic rings. The molecule has 1 N–H and O–H groups in total. The standard InChI is InChI=1S/C10H18N2O/c1-4-5-10(13)12-6-8(2)11-9(3)7-12/h4-5,8-9,11H,6-7H2,1-3H3/b5-4+. The van der Waals surface area contributed by atoms with E-state index in [0.717, 1.165) is 13.1 Å². The van der Waals surface area contributed by atoms with Crippen molar-refractivity contribution in [3.05, 3.63) is 12.2 Å². The highest BCUT2D eigenvalue weighted by Crippen LogP contribution is 2.04. The number of carbonyl (C=O) groups is 1. The third-order valence-corrected chi connectivity index (χ3v) is 2.18. The molecule has 0 bridgehead atoms. The van der Waals surface area contributed by atoms with Crippen molar-refractivity contribution < 1.29 is 4.79 Å². The maximum Gasteiger partial charge on any atom is 0.246 e. The van der Waals surface area contributed by atoms with Crippen LogP contribution in [0.3, 0.4) is 0 Å². The molecule has 1 aliphatic heterocycles. The Bertz CT molecular complexity index is 203. The second-order valence-electron chi connectivity index (χ2n) is 3.71. The van der Waals surface area contributed by atoms with Crippen LogP contribution in [0.25, 0.3) is 0 Å². The van der Waals surface area contributed by atoms with E-state index in [1.165, 1.54) is 0 Å². The van der Waals surface area contributed by atoms with Crippen LogP contribution < -0.4 is 5.32 Å². The largest absolute Gasteiger partial charge is 0.336 e. The van der Waals surface area contributed by atoms with Crippen molar-refractivity contribution in [2.45, 2.75) is 32.9 Å². The molecule has 74 valence electrons. The molecule has 0 radical (unpaired) electrons. The number of hydrogen-bond donors (Lipinski definition) is 1. The summed E-state index contributed by atoms with van der Waals surface area (Å²) in [4.78, 5) is 13.4. The van der Waals surface area contributed by atoms with Crippen LogP contribution in [0.4, 0.5) is 0 Å². The number of nitrogens with zero attached hydrogens (tertiary/aromatic N) is 1. The monoisotopic (exact) mass is 182 g/mol. The highest BCUT2D eigenvalue weighted by atomic mass is 16.2. The van der Waals surface area contributed by atoms with Crippen molar-refractivity contribution in [3.63, 3.8) is 0 Å². The van der Waals surface area contributed by atoms with E-state index in [2.05, 4.69) is 19.2 Å². The van der Waals surface area contributed by atoms with Crippen molar-refractivity contribution >= 4 is 5.91 Å². The van der Waals surface area contributed by atoms with E-state index in [0.29, 0.717) is 12.1 Å². The zero-order chi connectivity index (χ0) is 9.84. The molecule has 0 aromatic heterocycles. The maximum absolute atomic E-state index is 11.5. The Morgan fingerprint density at radius 3 is 2.38 bits per heavy atom. The highest BCUT2D eigenvalue weighted by Gasteiger charge is 2.22. The van der Waals surface area contributed by atoms with Crippen LogP contribution in [0.1, 0.15) is 20.8 Å². The zero-order valence-corrected chi connectivity index (χ0v) is 8.58. The minimum absolute atomic E-state index is 0.127. The van der Waals surface area contributed by atoms with E-state index >= 15 is 0 Å². The average Bonchev–Trinajstić information content (AvgIpc) is 2.03. The third kappa shape index (κ3) is 2.84. The highest BCUT2D eigenvalue weighted by molar-refractivity contribution is 5.87. The fraction of sp³-hybridized carbons (Fsp3) is 0.700. The summed E-state index contributed by atoms with van der Waals surface area (Å²) < 4.78 is 0. The fourth-order valence-electron chi connectivity index (χ4n) is 1.75. The van der Waals surface area contributed by atoms with Crippen molar-refractivity contribution in [2.75, 3.05) is 13.1 Å². The van der Waals surface area contributed by atoms with E-state index in [1.54, 1.807) is 12.2 Å². The first-order chi connectivity index (χ1) is 6.13. The molecule has 0 aliphatic carbocycles. The molecular weight excluding hydrogens is 164 g/mol. The summed E-state index contributed by atoms with van der Waals surface area (Å²) in [5.74, 6) is 0.127. The molecule has 0 saturated carbocycles. The Morgan fingerprint density at radius 1 is 1.38 bits per heavy atom. The molecule has 0 aromatic carbocycles. The molecule has 0 spiro atoms. The average molecular weight is 182 g/mol. The summed E-state index contributed by atoms with van der Waals surface area (Å²) in [5.41, 5.74) is 0. The molecule has 13 heavy (non-hydrogen) atoms. The summed E-state index contributed by atoms with van der Waals surface area (Å²) in [6, 6.07) is 0.802. The third-order valence-electron chi connectivity index (χ3n) is 2.18. The number of carbonyl (C=O) groups excluding carboxylic acids is 1. The smallest absolute Gasteiger partial charge is 0.246 e. The van der Waals surface area contributed by atoms with Crippen LogP contribution in [-0.4, -0.2) is 36.0 Å². The number of piperazine rings is 1. The van der Waals surface area contributed by atoms with E-state index in [4.69, 9.17) is 0 Å². The molecule has 1 saturated heterocycles. The number of amides is 1. The van der Waals surface area contributed by atoms with Gasteiger partial charge in [0.2, 0.25) is 5.91 Å². The minimum atomic E-state index is 0.127. The summed E-state index contributed by atoms with van der Waals surface area (Å²) in [6.45, 7) is 7.70. The Hall–Kier alpha value is -0.830. The van der Waals surface area contributed by atoms with Crippen molar-refractivity contribution in [1.29, 1.82) is 0 Å². The quantitative estimate of drug-likeness (QED) is 0.608. The van der Waals surface area contributed by atoms with Crippen LogP contribution in [0.15, 0.2) is 12.2 Å². The number of hydrogen-bond acceptors (Lipinski definition) is 2. The Labute approximate surface area is 79.8 Å². The number of nitrogens with one attached hydrogen (secondary N) is 1. The van der Waals surface area contributed by atoms with Gasteiger partial charge in [0, 0.05) is 25.2 Å². The first-order valence-electron chi connectivity index (χ1n) is 4.81. The van der Waals surface area contributed by atoms with Gasteiger partial charge in [-0.05, 0) is 26.8 Å².